The molecule has 0 spiro atoms. The fourth-order valence-corrected chi connectivity index (χ4v) is 0.930. The zero-order valence-corrected chi connectivity index (χ0v) is 6.48. The molecular formula is C8H7ClF2. The molecule has 0 amide bonds. The van der Waals surface area contributed by atoms with Gasteiger partial charge in [0.05, 0.1) is 0 Å². The van der Waals surface area contributed by atoms with E-state index in [9.17, 15) is 8.78 Å². The maximum absolute atomic E-state index is 12.0. The van der Waals surface area contributed by atoms with E-state index in [4.69, 9.17) is 11.6 Å². The third-order valence-corrected chi connectivity index (χ3v) is 1.69. The van der Waals surface area contributed by atoms with Gasteiger partial charge in [0.15, 0.2) is 0 Å². The Hall–Kier alpha value is -0.630. The van der Waals surface area contributed by atoms with Crippen LogP contribution in [0.5, 0.6) is 0 Å². The van der Waals surface area contributed by atoms with Gasteiger partial charge in [-0.3, -0.25) is 0 Å². The van der Waals surface area contributed by atoms with Crippen molar-refractivity contribution in [3.63, 3.8) is 0 Å². The van der Waals surface area contributed by atoms with E-state index >= 15 is 0 Å². The van der Waals surface area contributed by atoms with Crippen LogP contribution in [0.2, 0.25) is 0 Å². The van der Waals surface area contributed by atoms with Gasteiger partial charge in [0.25, 0.3) is 6.43 Å². The molecule has 0 N–H and O–H groups in total. The van der Waals surface area contributed by atoms with Crippen molar-refractivity contribution in [2.45, 2.75) is 12.3 Å². The normalized spacial score (nSPS) is 10.5. The van der Waals surface area contributed by atoms with Crippen LogP contribution in [0.1, 0.15) is 17.6 Å². The molecule has 0 radical (unpaired) electrons. The van der Waals surface area contributed by atoms with Crippen LogP contribution in [0.15, 0.2) is 24.3 Å². The standard InChI is InChI=1S/C8H7ClF2/c9-5-6-1-3-7(4-2-6)8(10)11/h1-4,8H,5H2. The smallest absolute Gasteiger partial charge is 0.205 e. The van der Waals surface area contributed by atoms with Gasteiger partial charge >= 0.3 is 0 Å². The minimum Gasteiger partial charge on any atom is -0.205 e. The Kier molecular flexibility index (Phi) is 2.83. The Morgan fingerprint density at radius 3 is 2.09 bits per heavy atom. The molecule has 1 aromatic carbocycles. The first-order chi connectivity index (χ1) is 5.24. The summed E-state index contributed by atoms with van der Waals surface area (Å²) < 4.78 is 23.9. The molecule has 0 aromatic heterocycles. The Bertz CT molecular complexity index is 218. The predicted molar refractivity (Wildman–Crippen MR) is 41.0 cm³/mol. The highest BCUT2D eigenvalue weighted by molar-refractivity contribution is 6.17. The molecule has 1 rings (SSSR count). The molecular weight excluding hydrogens is 170 g/mol. The van der Waals surface area contributed by atoms with Gasteiger partial charge < -0.3 is 0 Å². The van der Waals surface area contributed by atoms with Gasteiger partial charge in [-0.15, -0.1) is 11.6 Å². The molecule has 0 nitrogen and oxygen atoms in total. The second-order valence-corrected chi connectivity index (χ2v) is 2.44. The summed E-state index contributed by atoms with van der Waals surface area (Å²) in [6.07, 6.45) is -2.39. The van der Waals surface area contributed by atoms with E-state index in [0.29, 0.717) is 5.88 Å². The Morgan fingerprint density at radius 2 is 1.73 bits per heavy atom. The molecule has 0 saturated heterocycles. The van der Waals surface area contributed by atoms with E-state index in [-0.39, 0.29) is 5.56 Å². The molecule has 0 bridgehead atoms. The van der Waals surface area contributed by atoms with Crippen molar-refractivity contribution >= 4 is 11.6 Å². The monoisotopic (exact) mass is 176 g/mol. The number of hydrogen-bond donors (Lipinski definition) is 0. The number of benzene rings is 1. The van der Waals surface area contributed by atoms with E-state index in [1.54, 1.807) is 12.1 Å². The molecule has 60 valence electrons. The molecule has 1 aromatic rings. The maximum atomic E-state index is 12.0. The lowest BCUT2D eigenvalue weighted by Crippen LogP contribution is -1.84. The van der Waals surface area contributed by atoms with Crippen molar-refractivity contribution in [2.75, 3.05) is 0 Å². The second kappa shape index (κ2) is 3.67. The molecule has 11 heavy (non-hydrogen) atoms. The summed E-state index contributed by atoms with van der Waals surface area (Å²) >= 11 is 5.47. The quantitative estimate of drug-likeness (QED) is 0.607. The van der Waals surface area contributed by atoms with E-state index in [2.05, 4.69) is 0 Å². The van der Waals surface area contributed by atoms with Crippen LogP contribution in [-0.4, -0.2) is 0 Å². The molecule has 3 heteroatoms. The first-order valence-corrected chi connectivity index (χ1v) is 3.70. The van der Waals surface area contributed by atoms with Gasteiger partial charge in [-0.05, 0) is 5.56 Å². The van der Waals surface area contributed by atoms with Gasteiger partial charge in [0, 0.05) is 11.4 Å². The lowest BCUT2D eigenvalue weighted by atomic mass is 10.2. The molecule has 0 unspecified atom stereocenters. The van der Waals surface area contributed by atoms with E-state index < -0.39 is 6.43 Å². The molecule has 0 atom stereocenters. The number of rotatable bonds is 2. The zero-order valence-electron chi connectivity index (χ0n) is 5.73. The largest absolute Gasteiger partial charge is 0.263 e. The number of alkyl halides is 3. The zero-order chi connectivity index (χ0) is 8.27. The minimum atomic E-state index is -2.39. The third-order valence-electron chi connectivity index (χ3n) is 1.39. The van der Waals surface area contributed by atoms with Crippen LogP contribution < -0.4 is 0 Å². The van der Waals surface area contributed by atoms with E-state index in [1.807, 2.05) is 0 Å². The van der Waals surface area contributed by atoms with Crippen molar-refractivity contribution in [1.29, 1.82) is 0 Å². The van der Waals surface area contributed by atoms with Gasteiger partial charge in [-0.1, -0.05) is 24.3 Å². The second-order valence-electron chi connectivity index (χ2n) is 2.18. The van der Waals surface area contributed by atoms with Crippen LogP contribution in [0.4, 0.5) is 8.78 Å². The SMILES string of the molecule is FC(F)c1ccc(CCl)cc1. The van der Waals surface area contributed by atoms with Crippen molar-refractivity contribution in [2.24, 2.45) is 0 Å². The van der Waals surface area contributed by atoms with Crippen molar-refractivity contribution in [3.8, 4) is 0 Å². The third kappa shape index (κ3) is 2.15. The highest BCUT2D eigenvalue weighted by Crippen LogP contribution is 2.18. The summed E-state index contributed by atoms with van der Waals surface area (Å²) in [4.78, 5) is 0. The first-order valence-electron chi connectivity index (χ1n) is 3.17. The molecule has 0 fully saturated rings. The summed E-state index contributed by atoms with van der Waals surface area (Å²) in [5, 5.41) is 0. The molecule has 0 saturated carbocycles. The highest BCUT2D eigenvalue weighted by atomic mass is 35.5. The van der Waals surface area contributed by atoms with Gasteiger partial charge in [-0.25, -0.2) is 8.78 Å². The van der Waals surface area contributed by atoms with E-state index in [0.717, 1.165) is 5.56 Å². The highest BCUT2D eigenvalue weighted by Gasteiger charge is 2.04. The van der Waals surface area contributed by atoms with Gasteiger partial charge in [-0.2, -0.15) is 0 Å². The average molecular weight is 177 g/mol. The summed E-state index contributed by atoms with van der Waals surface area (Å²) in [6.45, 7) is 0. The Balaban J connectivity index is 2.83. The summed E-state index contributed by atoms with van der Waals surface area (Å²) in [5.41, 5.74) is 0.898. The van der Waals surface area contributed by atoms with Crippen molar-refractivity contribution < 1.29 is 8.78 Å². The van der Waals surface area contributed by atoms with Crippen LogP contribution in [-0.2, 0) is 5.88 Å². The topological polar surface area (TPSA) is 0 Å². The molecule has 0 aliphatic carbocycles. The fraction of sp³-hybridized carbons (Fsp3) is 0.250. The molecule has 0 aliphatic heterocycles. The maximum Gasteiger partial charge on any atom is 0.263 e. The van der Waals surface area contributed by atoms with Gasteiger partial charge in [0.1, 0.15) is 0 Å². The van der Waals surface area contributed by atoms with Crippen LogP contribution in [0.3, 0.4) is 0 Å². The van der Waals surface area contributed by atoms with E-state index in [1.165, 1.54) is 12.1 Å². The van der Waals surface area contributed by atoms with Crippen LogP contribution >= 0.6 is 11.6 Å². The summed E-state index contributed by atoms with van der Waals surface area (Å²) in [7, 11) is 0. The first kappa shape index (κ1) is 8.47. The average Bonchev–Trinajstić information content (AvgIpc) is 2.05. The Labute approximate surface area is 68.8 Å². The van der Waals surface area contributed by atoms with Crippen molar-refractivity contribution in [3.05, 3.63) is 35.4 Å². The molecule has 0 aliphatic rings. The van der Waals surface area contributed by atoms with Crippen molar-refractivity contribution in [1.82, 2.24) is 0 Å². The summed E-state index contributed by atoms with van der Waals surface area (Å²) in [5.74, 6) is 0.365. The fourth-order valence-electron chi connectivity index (χ4n) is 0.752. The van der Waals surface area contributed by atoms with Gasteiger partial charge in [0.2, 0.25) is 0 Å². The lowest BCUT2D eigenvalue weighted by Gasteiger charge is -1.99. The van der Waals surface area contributed by atoms with Crippen LogP contribution in [0.25, 0.3) is 0 Å². The lowest BCUT2D eigenvalue weighted by molar-refractivity contribution is 0.151. The Morgan fingerprint density at radius 1 is 1.18 bits per heavy atom. The van der Waals surface area contributed by atoms with Crippen LogP contribution in [0, 0.1) is 0 Å². The predicted octanol–water partition coefficient (Wildman–Crippen LogP) is 3.36. The number of halogens is 3. The minimum absolute atomic E-state index is 0.0406. The number of hydrogen-bond acceptors (Lipinski definition) is 0. The molecule has 0 heterocycles. The summed E-state index contributed by atoms with van der Waals surface area (Å²) in [6, 6.07) is 5.99.